The minimum Gasteiger partial charge on any atom is -0.334 e. The minimum atomic E-state index is -3.75. The average Bonchev–Trinajstić information content (AvgIpc) is 2.55. The summed E-state index contributed by atoms with van der Waals surface area (Å²) >= 11 is 0. The molecular formula is C9H12ClN3O2S. The Morgan fingerprint density at radius 3 is 2.75 bits per heavy atom. The number of hydrogen-bond acceptors (Lipinski definition) is 4. The summed E-state index contributed by atoms with van der Waals surface area (Å²) in [5.41, 5.74) is 0. The molecule has 0 radical (unpaired) electrons. The van der Waals surface area contributed by atoms with E-state index in [9.17, 15) is 8.42 Å². The number of aromatic nitrogens is 2. The summed E-state index contributed by atoms with van der Waals surface area (Å²) < 4.78 is 23.8. The Labute approximate surface area is 99.1 Å². The molecule has 16 heavy (non-hydrogen) atoms. The largest absolute Gasteiger partial charge is 0.334 e. The molecule has 0 bridgehead atoms. The third-order valence-corrected chi connectivity index (χ3v) is 3.31. The van der Waals surface area contributed by atoms with E-state index in [1.54, 1.807) is 11.5 Å². The third kappa shape index (κ3) is 3.51. The highest BCUT2D eigenvalue weighted by molar-refractivity contribution is 8.13. The maximum Gasteiger partial charge on any atom is 0.280 e. The Bertz CT molecular complexity index is 501. The maximum absolute atomic E-state index is 11.0. The summed E-state index contributed by atoms with van der Waals surface area (Å²) in [6, 6.07) is 2.06. The van der Waals surface area contributed by atoms with Crippen LogP contribution in [0.4, 0.5) is 0 Å². The van der Waals surface area contributed by atoms with Crippen molar-refractivity contribution in [1.82, 2.24) is 9.55 Å². The van der Waals surface area contributed by atoms with Gasteiger partial charge in [-0.25, -0.2) is 13.4 Å². The smallest absolute Gasteiger partial charge is 0.280 e. The Balaban J connectivity index is 2.69. The molecule has 0 aliphatic carbocycles. The van der Waals surface area contributed by atoms with E-state index < -0.39 is 9.05 Å². The zero-order valence-electron chi connectivity index (χ0n) is 8.85. The van der Waals surface area contributed by atoms with Crippen LogP contribution in [0, 0.1) is 18.3 Å². The lowest BCUT2D eigenvalue weighted by molar-refractivity contribution is 0.599. The summed E-state index contributed by atoms with van der Waals surface area (Å²) in [6.45, 7) is 2.36. The Hall–Kier alpha value is -1.06. The van der Waals surface area contributed by atoms with Crippen molar-refractivity contribution in [2.45, 2.75) is 37.8 Å². The van der Waals surface area contributed by atoms with E-state index in [0.717, 1.165) is 12.8 Å². The lowest BCUT2D eigenvalue weighted by Crippen LogP contribution is -1.98. The SMILES string of the molecule is Cc1nc(S(=O)(=O)Cl)cn1CCCCC#N. The van der Waals surface area contributed by atoms with Crippen LogP contribution in [-0.2, 0) is 15.6 Å². The van der Waals surface area contributed by atoms with E-state index in [0.29, 0.717) is 18.8 Å². The summed E-state index contributed by atoms with van der Waals surface area (Å²) in [6.07, 6.45) is 3.53. The van der Waals surface area contributed by atoms with Gasteiger partial charge < -0.3 is 4.57 Å². The van der Waals surface area contributed by atoms with Crippen LogP contribution in [0.25, 0.3) is 0 Å². The molecule has 0 spiro atoms. The van der Waals surface area contributed by atoms with Gasteiger partial charge >= 0.3 is 0 Å². The van der Waals surface area contributed by atoms with Crippen molar-refractivity contribution in [2.24, 2.45) is 0 Å². The highest BCUT2D eigenvalue weighted by Gasteiger charge is 2.15. The Morgan fingerprint density at radius 2 is 2.25 bits per heavy atom. The van der Waals surface area contributed by atoms with Crippen LogP contribution in [0.1, 0.15) is 25.1 Å². The second kappa shape index (κ2) is 5.32. The van der Waals surface area contributed by atoms with E-state index in [-0.39, 0.29) is 5.03 Å². The van der Waals surface area contributed by atoms with Gasteiger partial charge in [0.05, 0.1) is 6.07 Å². The molecule has 0 aromatic carbocycles. The molecule has 1 rings (SSSR count). The van der Waals surface area contributed by atoms with Crippen LogP contribution in [0.5, 0.6) is 0 Å². The molecule has 0 saturated heterocycles. The van der Waals surface area contributed by atoms with Gasteiger partial charge in [0.1, 0.15) is 5.82 Å². The highest BCUT2D eigenvalue weighted by Crippen LogP contribution is 2.14. The summed E-state index contributed by atoms with van der Waals surface area (Å²) in [5.74, 6) is 0.608. The van der Waals surface area contributed by atoms with Gasteiger partial charge in [-0.1, -0.05) is 0 Å². The number of nitrogens with zero attached hydrogens (tertiary/aromatic N) is 3. The molecule has 1 heterocycles. The quantitative estimate of drug-likeness (QED) is 0.598. The molecule has 0 fully saturated rings. The fraction of sp³-hybridized carbons (Fsp3) is 0.556. The number of hydrogen-bond donors (Lipinski definition) is 0. The van der Waals surface area contributed by atoms with Crippen molar-refractivity contribution in [3.63, 3.8) is 0 Å². The van der Waals surface area contributed by atoms with Crippen molar-refractivity contribution in [2.75, 3.05) is 0 Å². The molecule has 0 N–H and O–H groups in total. The van der Waals surface area contributed by atoms with Crippen molar-refractivity contribution in [1.29, 1.82) is 5.26 Å². The van der Waals surface area contributed by atoms with E-state index in [1.165, 1.54) is 6.20 Å². The van der Waals surface area contributed by atoms with Crippen molar-refractivity contribution >= 4 is 19.7 Å². The predicted molar refractivity (Wildman–Crippen MR) is 59.5 cm³/mol. The zero-order valence-corrected chi connectivity index (χ0v) is 10.4. The number of nitriles is 1. The molecule has 5 nitrogen and oxygen atoms in total. The number of rotatable bonds is 5. The summed E-state index contributed by atoms with van der Waals surface area (Å²) in [5, 5.41) is 8.24. The van der Waals surface area contributed by atoms with E-state index in [2.05, 4.69) is 11.1 Å². The van der Waals surface area contributed by atoms with Gasteiger partial charge in [-0.05, 0) is 19.8 Å². The van der Waals surface area contributed by atoms with E-state index in [4.69, 9.17) is 15.9 Å². The van der Waals surface area contributed by atoms with E-state index >= 15 is 0 Å². The molecule has 88 valence electrons. The normalized spacial score (nSPS) is 11.3. The minimum absolute atomic E-state index is 0.119. The first kappa shape index (κ1) is 13.0. The van der Waals surface area contributed by atoms with Gasteiger partial charge in [0, 0.05) is 29.8 Å². The summed E-state index contributed by atoms with van der Waals surface area (Å²) in [7, 11) is 1.43. The highest BCUT2D eigenvalue weighted by atomic mass is 35.7. The molecule has 0 saturated carbocycles. The first-order valence-electron chi connectivity index (χ1n) is 4.80. The second-order valence-corrected chi connectivity index (χ2v) is 5.89. The van der Waals surface area contributed by atoms with Gasteiger partial charge in [-0.3, -0.25) is 0 Å². The van der Waals surface area contributed by atoms with Gasteiger partial charge in [-0.15, -0.1) is 0 Å². The monoisotopic (exact) mass is 261 g/mol. The van der Waals surface area contributed by atoms with Crippen LogP contribution in [0.15, 0.2) is 11.2 Å². The number of unbranched alkanes of at least 4 members (excludes halogenated alkanes) is 2. The van der Waals surface area contributed by atoms with Gasteiger partial charge in [-0.2, -0.15) is 5.26 Å². The predicted octanol–water partition coefficient (Wildman–Crippen LogP) is 1.81. The van der Waals surface area contributed by atoms with Crippen molar-refractivity contribution in [3.05, 3.63) is 12.0 Å². The molecule has 0 unspecified atom stereocenters. The number of halogens is 1. The maximum atomic E-state index is 11.0. The van der Waals surface area contributed by atoms with Crippen LogP contribution in [0.3, 0.4) is 0 Å². The van der Waals surface area contributed by atoms with E-state index in [1.807, 2.05) is 0 Å². The van der Waals surface area contributed by atoms with Gasteiger partial charge in [0.25, 0.3) is 9.05 Å². The topological polar surface area (TPSA) is 75.8 Å². The molecule has 0 aliphatic rings. The number of imidazole rings is 1. The molecule has 0 amide bonds. The Kier molecular flexibility index (Phi) is 4.33. The molecule has 7 heteroatoms. The fourth-order valence-corrected chi connectivity index (χ4v) is 2.03. The number of aryl methyl sites for hydroxylation is 2. The third-order valence-electron chi connectivity index (χ3n) is 2.14. The Morgan fingerprint density at radius 1 is 1.56 bits per heavy atom. The molecule has 1 aromatic rings. The van der Waals surface area contributed by atoms with Crippen molar-refractivity contribution in [3.8, 4) is 6.07 Å². The fourth-order valence-electron chi connectivity index (χ4n) is 1.31. The van der Waals surface area contributed by atoms with Gasteiger partial charge in [0.2, 0.25) is 0 Å². The molecule has 0 aliphatic heterocycles. The average molecular weight is 262 g/mol. The molecule has 0 atom stereocenters. The zero-order chi connectivity index (χ0) is 12.2. The molecule has 1 aromatic heterocycles. The summed E-state index contributed by atoms with van der Waals surface area (Å²) in [4.78, 5) is 3.86. The molecular weight excluding hydrogens is 250 g/mol. The lowest BCUT2D eigenvalue weighted by Gasteiger charge is -2.02. The van der Waals surface area contributed by atoms with Crippen LogP contribution < -0.4 is 0 Å². The lowest BCUT2D eigenvalue weighted by atomic mass is 10.2. The van der Waals surface area contributed by atoms with Crippen LogP contribution in [-0.4, -0.2) is 18.0 Å². The first-order valence-corrected chi connectivity index (χ1v) is 7.11. The first-order chi connectivity index (χ1) is 7.45. The van der Waals surface area contributed by atoms with Crippen molar-refractivity contribution < 1.29 is 8.42 Å². The standard InChI is InChI=1S/C9H12ClN3O2S/c1-8-12-9(16(10,14)15)7-13(8)6-4-2-3-5-11/h7H,2-4,6H2,1H3. The second-order valence-electron chi connectivity index (χ2n) is 3.37. The van der Waals surface area contributed by atoms with Crippen LogP contribution >= 0.6 is 10.7 Å². The van der Waals surface area contributed by atoms with Crippen LogP contribution in [0.2, 0.25) is 0 Å². The van der Waals surface area contributed by atoms with Gasteiger partial charge in [0.15, 0.2) is 5.03 Å².